The fourth-order valence-electron chi connectivity index (χ4n) is 4.43. The molecule has 2 aliphatic heterocycles. The lowest BCUT2D eigenvalue weighted by Crippen LogP contribution is -2.25. The van der Waals surface area contributed by atoms with E-state index in [9.17, 15) is 9.59 Å². The molecule has 33 heavy (non-hydrogen) atoms. The van der Waals surface area contributed by atoms with Crippen LogP contribution >= 0.6 is 11.3 Å². The van der Waals surface area contributed by atoms with Crippen LogP contribution in [0.3, 0.4) is 0 Å². The molecule has 2 N–H and O–H groups in total. The number of hydrogen-bond donors (Lipinski definition) is 2. The van der Waals surface area contributed by atoms with Crippen molar-refractivity contribution < 1.29 is 9.59 Å². The van der Waals surface area contributed by atoms with Crippen molar-refractivity contribution in [1.82, 2.24) is 40.2 Å². The number of rotatable bonds is 6. The third-order valence-electron chi connectivity index (χ3n) is 6.24. The van der Waals surface area contributed by atoms with E-state index in [1.54, 1.807) is 12.1 Å². The Labute approximate surface area is 195 Å². The van der Waals surface area contributed by atoms with Crippen LogP contribution in [0, 0.1) is 0 Å². The first-order chi connectivity index (χ1) is 16.2. The van der Waals surface area contributed by atoms with Crippen molar-refractivity contribution in [1.29, 1.82) is 0 Å². The minimum atomic E-state index is -0.215. The molecule has 10 nitrogen and oxygen atoms in total. The second-order valence-electron chi connectivity index (χ2n) is 8.52. The number of fused-ring (bicyclic) bond motifs is 2. The maximum Gasteiger partial charge on any atom is 0.261 e. The smallest absolute Gasteiger partial charge is 0.261 e. The molecule has 0 atom stereocenters. The molecule has 0 radical (unpaired) electrons. The highest BCUT2D eigenvalue weighted by molar-refractivity contribution is 7.15. The molecule has 3 aromatic heterocycles. The van der Waals surface area contributed by atoms with Gasteiger partial charge in [0.2, 0.25) is 0 Å². The summed E-state index contributed by atoms with van der Waals surface area (Å²) >= 11 is 1.18. The van der Waals surface area contributed by atoms with E-state index in [-0.39, 0.29) is 11.8 Å². The largest absolute Gasteiger partial charge is 0.344 e. The molecule has 0 bridgehead atoms. The Morgan fingerprint density at radius 2 is 1.21 bits per heavy atom. The Morgan fingerprint density at radius 3 is 1.70 bits per heavy atom. The van der Waals surface area contributed by atoms with Gasteiger partial charge in [0.1, 0.15) is 11.6 Å². The predicted molar refractivity (Wildman–Crippen MR) is 122 cm³/mol. The molecular formula is C22H28N8O2S. The highest BCUT2D eigenvalue weighted by atomic mass is 32.1. The van der Waals surface area contributed by atoms with Crippen molar-refractivity contribution in [3.8, 4) is 0 Å². The number of carbonyl (C=O) groups is 2. The Morgan fingerprint density at radius 1 is 0.727 bits per heavy atom. The number of nitrogens with zero attached hydrogens (tertiary/aromatic N) is 6. The van der Waals surface area contributed by atoms with Gasteiger partial charge >= 0.3 is 0 Å². The van der Waals surface area contributed by atoms with Gasteiger partial charge in [0.15, 0.2) is 11.6 Å². The minimum absolute atomic E-state index is 0.215. The molecule has 0 aliphatic carbocycles. The second kappa shape index (κ2) is 9.82. The Hall–Kier alpha value is -3.08. The number of nitrogens with one attached hydrogen (secondary N) is 2. The summed E-state index contributed by atoms with van der Waals surface area (Å²) in [6.45, 7) is 2.44. The van der Waals surface area contributed by atoms with Crippen molar-refractivity contribution in [2.24, 2.45) is 0 Å². The number of hydrogen-bond acceptors (Lipinski definition) is 7. The van der Waals surface area contributed by atoms with Gasteiger partial charge in [0.25, 0.3) is 11.8 Å². The Balaban J connectivity index is 1.16. The summed E-state index contributed by atoms with van der Waals surface area (Å²) in [5, 5.41) is 22.9. The molecule has 0 fully saturated rings. The molecule has 0 spiro atoms. The summed E-state index contributed by atoms with van der Waals surface area (Å²) < 4.78 is 4.23. The average Bonchev–Trinajstić information content (AvgIpc) is 3.47. The molecule has 174 valence electrons. The molecular weight excluding hydrogens is 440 g/mol. The quantitative estimate of drug-likeness (QED) is 0.573. The van der Waals surface area contributed by atoms with Crippen LogP contribution in [0.25, 0.3) is 0 Å². The first kappa shape index (κ1) is 21.7. The lowest BCUT2D eigenvalue weighted by Gasteiger charge is -2.08. The van der Waals surface area contributed by atoms with E-state index in [2.05, 4.69) is 40.2 Å². The molecule has 5 rings (SSSR count). The fraction of sp³-hybridized carbons (Fsp3) is 0.545. The van der Waals surface area contributed by atoms with E-state index in [0.717, 1.165) is 74.9 Å². The van der Waals surface area contributed by atoms with Gasteiger partial charge < -0.3 is 19.8 Å². The number of amides is 2. The van der Waals surface area contributed by atoms with Crippen LogP contribution in [-0.4, -0.2) is 41.3 Å². The molecule has 2 aliphatic rings. The predicted octanol–water partition coefficient (Wildman–Crippen LogP) is 2.24. The number of carbonyl (C=O) groups excluding carboxylic acids is 2. The Bertz CT molecular complexity index is 1060. The SMILES string of the molecule is O=C(NCc1nnc2n1CCCCC2)c1ccc(C(=O)NCc2nnc3n2CCCCC3)s1. The van der Waals surface area contributed by atoms with Gasteiger partial charge in [0, 0.05) is 25.9 Å². The van der Waals surface area contributed by atoms with E-state index < -0.39 is 0 Å². The summed E-state index contributed by atoms with van der Waals surface area (Å²) in [6, 6.07) is 3.37. The summed E-state index contributed by atoms with van der Waals surface area (Å²) in [5.41, 5.74) is 0. The van der Waals surface area contributed by atoms with E-state index in [1.807, 2.05) is 0 Å². The zero-order valence-corrected chi connectivity index (χ0v) is 19.4. The van der Waals surface area contributed by atoms with Crippen molar-refractivity contribution in [3.63, 3.8) is 0 Å². The summed E-state index contributed by atoms with van der Waals surface area (Å²) in [5.74, 6) is 3.12. The number of aryl methyl sites for hydroxylation is 2. The van der Waals surface area contributed by atoms with E-state index >= 15 is 0 Å². The maximum atomic E-state index is 12.6. The van der Waals surface area contributed by atoms with Crippen LogP contribution < -0.4 is 10.6 Å². The molecule has 0 unspecified atom stereocenters. The van der Waals surface area contributed by atoms with E-state index in [4.69, 9.17) is 0 Å². The zero-order chi connectivity index (χ0) is 22.6. The fourth-order valence-corrected chi connectivity index (χ4v) is 5.27. The zero-order valence-electron chi connectivity index (χ0n) is 18.5. The molecule has 0 saturated heterocycles. The lowest BCUT2D eigenvalue weighted by molar-refractivity contribution is 0.0947. The highest BCUT2D eigenvalue weighted by Crippen LogP contribution is 2.18. The second-order valence-corrected chi connectivity index (χ2v) is 9.60. The Kier molecular flexibility index (Phi) is 6.47. The monoisotopic (exact) mass is 468 g/mol. The first-order valence-electron chi connectivity index (χ1n) is 11.7. The van der Waals surface area contributed by atoms with Gasteiger partial charge in [0.05, 0.1) is 22.8 Å². The molecule has 2 amide bonds. The molecule has 0 saturated carbocycles. The van der Waals surface area contributed by atoms with Crippen molar-refractivity contribution >= 4 is 23.2 Å². The van der Waals surface area contributed by atoms with Gasteiger partial charge in [-0.15, -0.1) is 31.7 Å². The number of aromatic nitrogens is 6. The highest BCUT2D eigenvalue weighted by Gasteiger charge is 2.19. The third kappa shape index (κ3) is 4.82. The topological polar surface area (TPSA) is 120 Å². The van der Waals surface area contributed by atoms with Crippen molar-refractivity contribution in [3.05, 3.63) is 45.2 Å². The average molecular weight is 469 g/mol. The van der Waals surface area contributed by atoms with Gasteiger partial charge in [-0.2, -0.15) is 0 Å². The van der Waals surface area contributed by atoms with Crippen LogP contribution in [-0.2, 0) is 39.0 Å². The minimum Gasteiger partial charge on any atom is -0.344 e. The van der Waals surface area contributed by atoms with Gasteiger partial charge in [-0.05, 0) is 37.8 Å². The van der Waals surface area contributed by atoms with Crippen LogP contribution in [0.5, 0.6) is 0 Å². The molecule has 0 aromatic carbocycles. The molecule has 3 aromatic rings. The lowest BCUT2D eigenvalue weighted by atomic mass is 10.2. The van der Waals surface area contributed by atoms with Crippen LogP contribution in [0.15, 0.2) is 12.1 Å². The standard InChI is InChI=1S/C22H28N8O2S/c31-21(23-13-19-27-25-17-7-3-1-5-11-29(17)19)15-9-10-16(33-15)22(32)24-14-20-28-26-18-8-4-2-6-12-30(18)20/h9-10H,1-8,11-14H2,(H,23,31)(H,24,32). The summed E-state index contributed by atoms with van der Waals surface area (Å²) in [7, 11) is 0. The maximum absolute atomic E-state index is 12.6. The van der Waals surface area contributed by atoms with Crippen molar-refractivity contribution in [2.75, 3.05) is 0 Å². The van der Waals surface area contributed by atoms with Gasteiger partial charge in [-0.25, -0.2) is 0 Å². The number of thiophene rings is 1. The van der Waals surface area contributed by atoms with Crippen LogP contribution in [0.2, 0.25) is 0 Å². The normalized spacial score (nSPS) is 15.8. The van der Waals surface area contributed by atoms with Crippen LogP contribution in [0.4, 0.5) is 0 Å². The summed E-state index contributed by atoms with van der Waals surface area (Å²) in [6.07, 6.45) is 8.71. The van der Waals surface area contributed by atoms with E-state index in [0.29, 0.717) is 22.8 Å². The van der Waals surface area contributed by atoms with Gasteiger partial charge in [-0.3, -0.25) is 9.59 Å². The molecule has 11 heteroatoms. The summed E-state index contributed by atoms with van der Waals surface area (Å²) in [4.78, 5) is 26.3. The first-order valence-corrected chi connectivity index (χ1v) is 12.5. The van der Waals surface area contributed by atoms with Crippen molar-refractivity contribution in [2.45, 2.75) is 77.5 Å². The third-order valence-corrected chi connectivity index (χ3v) is 7.32. The van der Waals surface area contributed by atoms with Gasteiger partial charge in [-0.1, -0.05) is 12.8 Å². The van der Waals surface area contributed by atoms with E-state index in [1.165, 1.54) is 24.2 Å². The van der Waals surface area contributed by atoms with Crippen LogP contribution in [0.1, 0.15) is 81.2 Å². The molecule has 5 heterocycles.